The smallest absolute Gasteiger partial charge is 0.221 e. The van der Waals surface area contributed by atoms with Gasteiger partial charge in [-0.05, 0) is 12.0 Å². The van der Waals surface area contributed by atoms with E-state index in [1.807, 2.05) is 13.2 Å². The zero-order chi connectivity index (χ0) is 7.56. The molecule has 0 saturated carbocycles. The van der Waals surface area contributed by atoms with Crippen molar-refractivity contribution in [2.45, 2.75) is 13.3 Å². The lowest BCUT2D eigenvalue weighted by molar-refractivity contribution is 0.748. The zero-order valence-corrected chi connectivity index (χ0v) is 6.26. The Balaban J connectivity index is 3.17. The topological polar surface area (TPSA) is 41.7 Å². The molecule has 0 atom stereocenters. The molecule has 0 bridgehead atoms. The van der Waals surface area contributed by atoms with Crippen molar-refractivity contribution >= 4 is 0 Å². The Morgan fingerprint density at radius 1 is 1.70 bits per heavy atom. The summed E-state index contributed by atoms with van der Waals surface area (Å²) in [4.78, 5) is 3.88. The van der Waals surface area contributed by atoms with E-state index in [2.05, 4.69) is 11.9 Å². The number of aromatic nitrogens is 2. The van der Waals surface area contributed by atoms with Crippen LogP contribution in [0, 0.1) is 5.41 Å². The van der Waals surface area contributed by atoms with Gasteiger partial charge in [0.2, 0.25) is 5.62 Å². The van der Waals surface area contributed by atoms with Crippen LogP contribution in [-0.2, 0) is 13.5 Å². The average Bonchev–Trinajstić information content (AvgIpc) is 1.95. The van der Waals surface area contributed by atoms with Crippen molar-refractivity contribution in [1.29, 1.82) is 5.41 Å². The summed E-state index contributed by atoms with van der Waals surface area (Å²) in [7, 11) is 1.83. The summed E-state index contributed by atoms with van der Waals surface area (Å²) >= 11 is 0. The highest BCUT2D eigenvalue weighted by Crippen LogP contribution is 1.91. The maximum Gasteiger partial charge on any atom is 0.221 e. The third-order valence-electron chi connectivity index (χ3n) is 1.45. The first kappa shape index (κ1) is 6.99. The molecule has 54 valence electrons. The molecule has 0 spiro atoms. The van der Waals surface area contributed by atoms with E-state index < -0.39 is 0 Å². The van der Waals surface area contributed by atoms with E-state index in [9.17, 15) is 0 Å². The van der Waals surface area contributed by atoms with E-state index in [0.717, 1.165) is 6.42 Å². The minimum absolute atomic E-state index is 0.303. The highest BCUT2D eigenvalue weighted by atomic mass is 15.0. The van der Waals surface area contributed by atoms with Crippen LogP contribution in [0.5, 0.6) is 0 Å². The second kappa shape index (κ2) is 2.64. The first-order valence-corrected chi connectivity index (χ1v) is 3.30. The molecule has 1 N–H and O–H groups in total. The van der Waals surface area contributed by atoms with Crippen LogP contribution in [0.15, 0.2) is 12.4 Å². The van der Waals surface area contributed by atoms with Gasteiger partial charge in [-0.1, -0.05) is 6.92 Å². The van der Waals surface area contributed by atoms with Crippen molar-refractivity contribution < 1.29 is 0 Å². The minimum atomic E-state index is 0.303. The van der Waals surface area contributed by atoms with Gasteiger partial charge in [-0.3, -0.25) is 5.41 Å². The molecule has 0 aliphatic heterocycles. The van der Waals surface area contributed by atoms with Crippen molar-refractivity contribution in [3.8, 4) is 0 Å². The molecule has 1 aromatic rings. The van der Waals surface area contributed by atoms with Gasteiger partial charge in [0.15, 0.2) is 0 Å². The van der Waals surface area contributed by atoms with Crippen molar-refractivity contribution in [3.05, 3.63) is 23.6 Å². The summed E-state index contributed by atoms with van der Waals surface area (Å²) in [5.74, 6) is 0. The van der Waals surface area contributed by atoms with E-state index in [-0.39, 0.29) is 0 Å². The van der Waals surface area contributed by atoms with Crippen LogP contribution in [0.2, 0.25) is 0 Å². The zero-order valence-electron chi connectivity index (χ0n) is 6.26. The predicted molar refractivity (Wildman–Crippen MR) is 38.4 cm³/mol. The summed E-state index contributed by atoms with van der Waals surface area (Å²) in [5.41, 5.74) is 1.47. The van der Waals surface area contributed by atoms with E-state index in [1.54, 1.807) is 10.8 Å². The number of hydrogen-bond donors (Lipinski definition) is 1. The third kappa shape index (κ3) is 1.23. The Hall–Kier alpha value is -1.12. The van der Waals surface area contributed by atoms with Crippen LogP contribution in [0.25, 0.3) is 0 Å². The average molecular weight is 137 g/mol. The van der Waals surface area contributed by atoms with Gasteiger partial charge in [0.05, 0.1) is 0 Å². The number of nitrogens with zero attached hydrogens (tertiary/aromatic N) is 2. The fraction of sp³-hybridized carbons (Fsp3) is 0.429. The van der Waals surface area contributed by atoms with Gasteiger partial charge in [-0.15, -0.1) is 0 Å². The summed E-state index contributed by atoms with van der Waals surface area (Å²) in [5, 5.41) is 7.24. The van der Waals surface area contributed by atoms with Crippen LogP contribution in [0.1, 0.15) is 12.5 Å². The molecule has 0 aromatic carbocycles. The Labute approximate surface area is 59.9 Å². The van der Waals surface area contributed by atoms with Gasteiger partial charge >= 0.3 is 0 Å². The van der Waals surface area contributed by atoms with Crippen molar-refractivity contribution in [1.82, 2.24) is 9.55 Å². The fourth-order valence-corrected chi connectivity index (χ4v) is 0.761. The van der Waals surface area contributed by atoms with Gasteiger partial charge in [0.25, 0.3) is 0 Å². The third-order valence-corrected chi connectivity index (χ3v) is 1.45. The molecule has 0 fully saturated rings. The maximum absolute atomic E-state index is 7.24. The Morgan fingerprint density at radius 2 is 2.40 bits per heavy atom. The van der Waals surface area contributed by atoms with Gasteiger partial charge in [0, 0.05) is 19.4 Å². The molecular weight excluding hydrogens is 126 g/mol. The normalized spacial score (nSPS) is 9.80. The quantitative estimate of drug-likeness (QED) is 0.600. The van der Waals surface area contributed by atoms with Crippen LogP contribution < -0.4 is 5.62 Å². The van der Waals surface area contributed by atoms with Gasteiger partial charge in [-0.25, -0.2) is 4.98 Å². The molecule has 0 unspecified atom stereocenters. The maximum atomic E-state index is 7.24. The van der Waals surface area contributed by atoms with E-state index in [0.29, 0.717) is 5.62 Å². The summed E-state index contributed by atoms with van der Waals surface area (Å²) < 4.78 is 1.71. The largest absolute Gasteiger partial charge is 0.320 e. The lowest BCUT2D eigenvalue weighted by Gasteiger charge is -1.99. The molecule has 0 saturated heterocycles. The Morgan fingerprint density at radius 3 is 2.90 bits per heavy atom. The van der Waals surface area contributed by atoms with Crippen LogP contribution in [0.4, 0.5) is 0 Å². The molecule has 1 heterocycles. The number of nitrogens with one attached hydrogen (secondary N) is 1. The van der Waals surface area contributed by atoms with Crippen LogP contribution in [-0.4, -0.2) is 9.55 Å². The first-order chi connectivity index (χ1) is 4.74. The second-order valence-electron chi connectivity index (χ2n) is 2.25. The van der Waals surface area contributed by atoms with Crippen LogP contribution in [0.3, 0.4) is 0 Å². The molecule has 0 aliphatic carbocycles. The molecule has 0 amide bonds. The first-order valence-electron chi connectivity index (χ1n) is 3.30. The van der Waals surface area contributed by atoms with Gasteiger partial charge in [0.1, 0.15) is 0 Å². The van der Waals surface area contributed by atoms with Gasteiger partial charge in [-0.2, -0.15) is 0 Å². The molecule has 1 aromatic heterocycles. The van der Waals surface area contributed by atoms with Crippen LogP contribution >= 0.6 is 0 Å². The standard InChI is InChI=1S/C7H11N3/c1-3-6-4-9-7(8)10(2)5-6/h4-5,8H,3H2,1-2H3. The van der Waals surface area contributed by atoms with E-state index >= 15 is 0 Å². The van der Waals surface area contributed by atoms with Crippen molar-refractivity contribution in [2.75, 3.05) is 0 Å². The fourth-order valence-electron chi connectivity index (χ4n) is 0.761. The molecule has 10 heavy (non-hydrogen) atoms. The Bertz CT molecular complexity index is 274. The highest BCUT2D eigenvalue weighted by molar-refractivity contribution is 5.01. The molecule has 3 heteroatoms. The lowest BCUT2D eigenvalue weighted by atomic mass is 10.3. The summed E-state index contributed by atoms with van der Waals surface area (Å²) in [6.45, 7) is 2.07. The summed E-state index contributed by atoms with van der Waals surface area (Å²) in [6, 6.07) is 0. The molecule has 1 rings (SSSR count). The number of aryl methyl sites for hydroxylation is 2. The number of hydrogen-bond acceptors (Lipinski definition) is 2. The summed E-state index contributed by atoms with van der Waals surface area (Å²) in [6.07, 6.45) is 4.64. The van der Waals surface area contributed by atoms with Gasteiger partial charge < -0.3 is 4.57 Å². The Kier molecular flexibility index (Phi) is 1.85. The molecular formula is C7H11N3. The van der Waals surface area contributed by atoms with Crippen molar-refractivity contribution in [3.63, 3.8) is 0 Å². The lowest BCUT2D eigenvalue weighted by Crippen LogP contribution is -2.19. The highest BCUT2D eigenvalue weighted by Gasteiger charge is 1.89. The number of rotatable bonds is 1. The second-order valence-corrected chi connectivity index (χ2v) is 2.25. The predicted octanol–water partition coefficient (Wildman–Crippen LogP) is 0.462. The van der Waals surface area contributed by atoms with E-state index in [4.69, 9.17) is 5.41 Å². The molecule has 0 aliphatic rings. The molecule has 0 radical (unpaired) electrons. The van der Waals surface area contributed by atoms with Crippen molar-refractivity contribution in [2.24, 2.45) is 7.05 Å². The monoisotopic (exact) mass is 137 g/mol. The minimum Gasteiger partial charge on any atom is -0.320 e. The van der Waals surface area contributed by atoms with E-state index in [1.165, 1.54) is 5.56 Å². The molecule has 3 nitrogen and oxygen atoms in total. The SMILES string of the molecule is CCc1cnc(=N)n(C)c1.